The van der Waals surface area contributed by atoms with Gasteiger partial charge in [0.25, 0.3) is 0 Å². The van der Waals surface area contributed by atoms with E-state index in [1.54, 1.807) is 0 Å². The highest BCUT2D eigenvalue weighted by atomic mass is 19.1. The molecule has 0 aromatic carbocycles. The predicted molar refractivity (Wildman–Crippen MR) is 41.3 cm³/mol. The number of alkyl halides is 1. The van der Waals surface area contributed by atoms with Crippen molar-refractivity contribution < 1.29 is 9.18 Å². The first kappa shape index (κ1) is 8.65. The van der Waals surface area contributed by atoms with Gasteiger partial charge in [-0.2, -0.15) is 0 Å². The number of aldehydes is 1. The molecule has 0 aromatic rings. The molecule has 1 fully saturated rings. The van der Waals surface area contributed by atoms with Gasteiger partial charge in [0.1, 0.15) is 13.0 Å². The predicted octanol–water partition coefficient (Wildman–Crippen LogP) is 1.01. The SMILES string of the molecule is O=CC1CCCCN1CCF. The molecular formula is C8H14FNO. The van der Waals surface area contributed by atoms with Crippen molar-refractivity contribution >= 4 is 6.29 Å². The van der Waals surface area contributed by atoms with E-state index in [2.05, 4.69) is 0 Å². The van der Waals surface area contributed by atoms with Crippen molar-refractivity contribution in [2.75, 3.05) is 19.8 Å². The molecule has 1 heterocycles. The molecule has 0 bridgehead atoms. The van der Waals surface area contributed by atoms with E-state index in [4.69, 9.17) is 0 Å². The third kappa shape index (κ3) is 2.26. The van der Waals surface area contributed by atoms with E-state index in [0.29, 0.717) is 6.54 Å². The minimum absolute atomic E-state index is 0.0144. The lowest BCUT2D eigenvalue weighted by Crippen LogP contribution is -2.41. The average molecular weight is 159 g/mol. The monoisotopic (exact) mass is 159 g/mol. The maximum atomic E-state index is 11.9. The molecule has 0 spiro atoms. The third-order valence-corrected chi connectivity index (χ3v) is 2.19. The van der Waals surface area contributed by atoms with Crippen molar-refractivity contribution in [2.45, 2.75) is 25.3 Å². The van der Waals surface area contributed by atoms with E-state index >= 15 is 0 Å². The molecule has 1 aliphatic rings. The van der Waals surface area contributed by atoms with Crippen LogP contribution in [0.3, 0.4) is 0 Å². The first-order chi connectivity index (χ1) is 5.38. The summed E-state index contributed by atoms with van der Waals surface area (Å²) < 4.78 is 11.9. The molecule has 0 radical (unpaired) electrons. The van der Waals surface area contributed by atoms with Crippen molar-refractivity contribution in [2.24, 2.45) is 0 Å². The molecule has 0 aliphatic carbocycles. The Bertz CT molecular complexity index is 127. The number of carbonyl (C=O) groups excluding carboxylic acids is 1. The summed E-state index contributed by atoms with van der Waals surface area (Å²) in [6.45, 7) is 0.959. The highest BCUT2D eigenvalue weighted by Crippen LogP contribution is 2.14. The highest BCUT2D eigenvalue weighted by molar-refractivity contribution is 5.57. The first-order valence-corrected chi connectivity index (χ1v) is 4.14. The Morgan fingerprint density at radius 2 is 2.36 bits per heavy atom. The fourth-order valence-electron chi connectivity index (χ4n) is 1.56. The average Bonchev–Trinajstić information content (AvgIpc) is 2.06. The van der Waals surface area contributed by atoms with Gasteiger partial charge >= 0.3 is 0 Å². The van der Waals surface area contributed by atoms with Crippen molar-refractivity contribution in [1.29, 1.82) is 0 Å². The Balaban J connectivity index is 2.37. The molecule has 0 N–H and O–H groups in total. The van der Waals surface area contributed by atoms with Crippen LogP contribution >= 0.6 is 0 Å². The number of halogens is 1. The van der Waals surface area contributed by atoms with Crippen molar-refractivity contribution in [3.05, 3.63) is 0 Å². The second-order valence-corrected chi connectivity index (χ2v) is 2.92. The minimum atomic E-state index is -0.343. The van der Waals surface area contributed by atoms with E-state index in [1.807, 2.05) is 4.90 Å². The summed E-state index contributed by atoms with van der Waals surface area (Å²) in [4.78, 5) is 12.4. The second kappa shape index (κ2) is 4.44. The molecule has 1 aliphatic heterocycles. The van der Waals surface area contributed by atoms with Crippen LogP contribution in [-0.2, 0) is 4.79 Å². The van der Waals surface area contributed by atoms with Crippen LogP contribution in [0.15, 0.2) is 0 Å². The summed E-state index contributed by atoms with van der Waals surface area (Å²) in [5, 5.41) is 0. The molecule has 1 atom stereocenters. The molecule has 1 rings (SSSR count). The molecule has 11 heavy (non-hydrogen) atoms. The number of carbonyl (C=O) groups is 1. The van der Waals surface area contributed by atoms with Crippen LogP contribution in [0.2, 0.25) is 0 Å². The largest absolute Gasteiger partial charge is 0.302 e. The van der Waals surface area contributed by atoms with E-state index in [0.717, 1.165) is 32.1 Å². The normalized spacial score (nSPS) is 26.8. The molecule has 2 nitrogen and oxygen atoms in total. The summed E-state index contributed by atoms with van der Waals surface area (Å²) in [6, 6.07) is -0.0144. The maximum Gasteiger partial charge on any atom is 0.137 e. The fraction of sp³-hybridized carbons (Fsp3) is 0.875. The number of rotatable bonds is 3. The van der Waals surface area contributed by atoms with Gasteiger partial charge in [0, 0.05) is 6.54 Å². The number of hydrogen-bond donors (Lipinski definition) is 0. The summed E-state index contributed by atoms with van der Waals surface area (Å²) in [5.74, 6) is 0. The standard InChI is InChI=1S/C8H14FNO/c9-4-6-10-5-2-1-3-8(10)7-11/h7-8H,1-6H2. The Morgan fingerprint density at radius 3 is 3.00 bits per heavy atom. The number of likely N-dealkylation sites (tertiary alicyclic amines) is 1. The smallest absolute Gasteiger partial charge is 0.137 e. The first-order valence-electron chi connectivity index (χ1n) is 4.14. The molecule has 1 unspecified atom stereocenters. The molecule has 0 amide bonds. The van der Waals surface area contributed by atoms with E-state index in [1.165, 1.54) is 0 Å². The number of nitrogens with zero attached hydrogens (tertiary/aromatic N) is 1. The van der Waals surface area contributed by atoms with Crippen molar-refractivity contribution in [3.8, 4) is 0 Å². The van der Waals surface area contributed by atoms with Gasteiger partial charge in [0.05, 0.1) is 6.04 Å². The molecule has 3 heteroatoms. The second-order valence-electron chi connectivity index (χ2n) is 2.92. The molecular weight excluding hydrogens is 145 g/mol. The number of hydrogen-bond acceptors (Lipinski definition) is 2. The zero-order valence-corrected chi connectivity index (χ0v) is 6.63. The lowest BCUT2D eigenvalue weighted by Gasteiger charge is -2.31. The summed E-state index contributed by atoms with van der Waals surface area (Å²) >= 11 is 0. The summed E-state index contributed by atoms with van der Waals surface area (Å²) in [7, 11) is 0. The zero-order chi connectivity index (χ0) is 8.10. The van der Waals surface area contributed by atoms with E-state index in [9.17, 15) is 9.18 Å². The van der Waals surface area contributed by atoms with Gasteiger partial charge in [-0.15, -0.1) is 0 Å². The molecule has 0 aromatic heterocycles. The number of piperidine rings is 1. The van der Waals surface area contributed by atoms with Crippen molar-refractivity contribution in [1.82, 2.24) is 4.90 Å². The van der Waals surface area contributed by atoms with Crippen LogP contribution < -0.4 is 0 Å². The van der Waals surface area contributed by atoms with Crippen LogP contribution in [0.1, 0.15) is 19.3 Å². The zero-order valence-electron chi connectivity index (χ0n) is 6.63. The van der Waals surface area contributed by atoms with Gasteiger partial charge in [-0.25, -0.2) is 4.39 Å². The van der Waals surface area contributed by atoms with Gasteiger partial charge < -0.3 is 4.79 Å². The fourth-order valence-corrected chi connectivity index (χ4v) is 1.56. The molecule has 0 saturated carbocycles. The lowest BCUT2D eigenvalue weighted by molar-refractivity contribution is -0.113. The summed E-state index contributed by atoms with van der Waals surface area (Å²) in [5.41, 5.74) is 0. The Kier molecular flexibility index (Phi) is 3.49. The Hall–Kier alpha value is -0.440. The van der Waals surface area contributed by atoms with Gasteiger partial charge in [0.15, 0.2) is 0 Å². The molecule has 64 valence electrons. The van der Waals surface area contributed by atoms with Crippen molar-refractivity contribution in [3.63, 3.8) is 0 Å². The quantitative estimate of drug-likeness (QED) is 0.573. The van der Waals surface area contributed by atoms with Crippen LogP contribution in [-0.4, -0.2) is 37.0 Å². The third-order valence-electron chi connectivity index (χ3n) is 2.19. The molecule has 1 saturated heterocycles. The van der Waals surface area contributed by atoms with E-state index in [-0.39, 0.29) is 12.7 Å². The Labute approximate surface area is 66.4 Å². The lowest BCUT2D eigenvalue weighted by atomic mass is 10.0. The van der Waals surface area contributed by atoms with E-state index < -0.39 is 0 Å². The van der Waals surface area contributed by atoms with Gasteiger partial charge in [-0.1, -0.05) is 6.42 Å². The topological polar surface area (TPSA) is 20.3 Å². The van der Waals surface area contributed by atoms with Crippen LogP contribution in [0.5, 0.6) is 0 Å². The van der Waals surface area contributed by atoms with Crippen LogP contribution in [0.4, 0.5) is 4.39 Å². The van der Waals surface area contributed by atoms with Gasteiger partial charge in [-0.05, 0) is 19.4 Å². The maximum absolute atomic E-state index is 11.9. The Morgan fingerprint density at radius 1 is 1.55 bits per heavy atom. The van der Waals surface area contributed by atoms with Crippen LogP contribution in [0.25, 0.3) is 0 Å². The van der Waals surface area contributed by atoms with Gasteiger partial charge in [-0.3, -0.25) is 4.90 Å². The minimum Gasteiger partial charge on any atom is -0.302 e. The van der Waals surface area contributed by atoms with Crippen LogP contribution in [0, 0.1) is 0 Å². The highest BCUT2D eigenvalue weighted by Gasteiger charge is 2.20. The van der Waals surface area contributed by atoms with Gasteiger partial charge in [0.2, 0.25) is 0 Å². The summed E-state index contributed by atoms with van der Waals surface area (Å²) in [6.07, 6.45) is 4.05.